The first-order valence-electron chi connectivity index (χ1n) is 12.4. The van der Waals surface area contributed by atoms with Gasteiger partial charge >= 0.3 is 0 Å². The minimum absolute atomic E-state index is 0.0275. The molecule has 36 heavy (non-hydrogen) atoms. The number of methoxy groups -OCH3 is 1. The number of nitrogens with one attached hydrogen (secondary N) is 2. The van der Waals surface area contributed by atoms with Crippen LogP contribution in [0, 0.1) is 0 Å². The highest BCUT2D eigenvalue weighted by atomic mass is 35.5. The summed E-state index contributed by atoms with van der Waals surface area (Å²) in [7, 11) is 1.63. The molecule has 0 bridgehead atoms. The van der Waals surface area contributed by atoms with Gasteiger partial charge in [0.1, 0.15) is 12.4 Å². The lowest BCUT2D eigenvalue weighted by Gasteiger charge is -2.24. The first-order valence-corrected chi connectivity index (χ1v) is 12.7. The van der Waals surface area contributed by atoms with Crippen LogP contribution < -0.4 is 15.4 Å². The van der Waals surface area contributed by atoms with Gasteiger partial charge in [-0.25, -0.2) is 0 Å². The number of hydrogen-bond donors (Lipinski definition) is 2. The van der Waals surface area contributed by atoms with E-state index < -0.39 is 0 Å². The number of amides is 1. The number of hydrogen-bond acceptors (Lipinski definition) is 5. The van der Waals surface area contributed by atoms with Crippen molar-refractivity contribution in [2.45, 2.75) is 38.2 Å². The van der Waals surface area contributed by atoms with Crippen molar-refractivity contribution in [3.8, 4) is 5.75 Å². The van der Waals surface area contributed by atoms with Crippen LogP contribution in [0.5, 0.6) is 5.75 Å². The van der Waals surface area contributed by atoms with E-state index in [1.165, 1.54) is 0 Å². The van der Waals surface area contributed by atoms with Gasteiger partial charge in [0.25, 0.3) is 0 Å². The van der Waals surface area contributed by atoms with Crippen LogP contribution in [-0.4, -0.2) is 49.7 Å². The number of carbonyl (C=O) groups is 1. The fourth-order valence-corrected chi connectivity index (χ4v) is 4.68. The second-order valence-electron chi connectivity index (χ2n) is 9.06. The normalized spacial score (nSPS) is 17.7. The van der Waals surface area contributed by atoms with E-state index in [4.69, 9.17) is 21.1 Å². The average molecular weight is 508 g/mol. The second kappa shape index (κ2) is 13.4. The molecular formula is C29H34ClN3O3. The molecule has 0 spiro atoms. The molecule has 2 N–H and O–H groups in total. The Labute approximate surface area is 218 Å². The molecular weight excluding hydrogens is 474 g/mol. The fraction of sp³-hybridized carbons (Fsp3) is 0.345. The molecule has 0 aromatic heterocycles. The number of ether oxygens (including phenoxy) is 2. The summed E-state index contributed by atoms with van der Waals surface area (Å²) < 4.78 is 11.1. The molecule has 3 aromatic rings. The van der Waals surface area contributed by atoms with Crippen LogP contribution >= 0.6 is 11.6 Å². The fourth-order valence-electron chi connectivity index (χ4n) is 4.49. The molecule has 0 unspecified atom stereocenters. The van der Waals surface area contributed by atoms with Crippen molar-refractivity contribution in [3.05, 3.63) is 101 Å². The predicted octanol–water partition coefficient (Wildman–Crippen LogP) is 4.41. The first kappa shape index (κ1) is 26.2. The standard InChI is InChI=1S/C29H34ClN3O3/c1-35-15-14-31-29(34)28-17-25(20-33(28)19-24-11-5-6-13-27(24)30)32-18-23-10-7-12-26(16-23)36-21-22-8-3-2-4-9-22/h2-13,16,25,28,32H,14-15,17-21H2,1H3,(H,31,34)/t25-,28-/m0/s1. The summed E-state index contributed by atoms with van der Waals surface area (Å²) in [5.74, 6) is 0.875. The van der Waals surface area contributed by atoms with Crippen molar-refractivity contribution >= 4 is 17.5 Å². The summed E-state index contributed by atoms with van der Waals surface area (Å²) in [5.41, 5.74) is 3.31. The highest BCUT2D eigenvalue weighted by Crippen LogP contribution is 2.25. The highest BCUT2D eigenvalue weighted by molar-refractivity contribution is 6.31. The third-order valence-electron chi connectivity index (χ3n) is 6.38. The maximum absolute atomic E-state index is 13.0. The van der Waals surface area contributed by atoms with Crippen molar-refractivity contribution in [2.75, 3.05) is 26.8 Å². The number of benzene rings is 3. The zero-order valence-electron chi connectivity index (χ0n) is 20.7. The molecule has 3 aromatic carbocycles. The molecule has 1 saturated heterocycles. The summed E-state index contributed by atoms with van der Waals surface area (Å²) in [5, 5.41) is 7.37. The number of carbonyl (C=O) groups excluding carboxylic acids is 1. The Hall–Kier alpha value is -2.90. The van der Waals surface area contributed by atoms with Gasteiger partial charge in [0, 0.05) is 44.4 Å². The van der Waals surface area contributed by atoms with Crippen LogP contribution in [0.3, 0.4) is 0 Å². The van der Waals surface area contributed by atoms with Gasteiger partial charge in [0.05, 0.1) is 12.6 Å². The lowest BCUT2D eigenvalue weighted by molar-refractivity contribution is -0.125. The van der Waals surface area contributed by atoms with E-state index >= 15 is 0 Å². The smallest absolute Gasteiger partial charge is 0.237 e. The SMILES string of the molecule is COCCNC(=O)[C@@H]1C[C@H](NCc2cccc(OCc3ccccc3)c2)CN1Cc1ccccc1Cl. The van der Waals surface area contributed by atoms with E-state index in [9.17, 15) is 4.79 Å². The van der Waals surface area contributed by atoms with E-state index in [2.05, 4.69) is 39.8 Å². The summed E-state index contributed by atoms with van der Waals surface area (Å²) in [6.07, 6.45) is 0.730. The molecule has 0 aliphatic carbocycles. The Kier molecular flexibility index (Phi) is 9.76. The molecule has 2 atom stereocenters. The molecule has 1 aliphatic heterocycles. The molecule has 4 rings (SSSR count). The topological polar surface area (TPSA) is 62.8 Å². The zero-order chi connectivity index (χ0) is 25.2. The Balaban J connectivity index is 1.35. The first-order chi connectivity index (χ1) is 17.6. The number of nitrogens with zero attached hydrogens (tertiary/aromatic N) is 1. The maximum atomic E-state index is 13.0. The van der Waals surface area contributed by atoms with Crippen molar-refractivity contribution < 1.29 is 14.3 Å². The molecule has 7 heteroatoms. The quantitative estimate of drug-likeness (QED) is 0.355. The molecule has 1 heterocycles. The van der Waals surface area contributed by atoms with Crippen molar-refractivity contribution in [3.63, 3.8) is 0 Å². The van der Waals surface area contributed by atoms with Gasteiger partial charge in [-0.2, -0.15) is 0 Å². The lowest BCUT2D eigenvalue weighted by Crippen LogP contribution is -2.43. The second-order valence-corrected chi connectivity index (χ2v) is 9.46. The van der Waals surface area contributed by atoms with Gasteiger partial charge in [-0.15, -0.1) is 0 Å². The Morgan fingerprint density at radius 2 is 1.81 bits per heavy atom. The van der Waals surface area contributed by atoms with Crippen LogP contribution in [0.15, 0.2) is 78.9 Å². The van der Waals surface area contributed by atoms with Crippen LogP contribution in [0.25, 0.3) is 0 Å². The minimum atomic E-state index is -0.226. The summed E-state index contributed by atoms with van der Waals surface area (Å²) in [6.45, 7) is 3.62. The monoisotopic (exact) mass is 507 g/mol. The molecule has 1 aliphatic rings. The van der Waals surface area contributed by atoms with Crippen LogP contribution in [0.1, 0.15) is 23.1 Å². The summed E-state index contributed by atoms with van der Waals surface area (Å²) in [6, 6.07) is 26.1. The zero-order valence-corrected chi connectivity index (χ0v) is 21.4. The average Bonchev–Trinajstić information content (AvgIpc) is 3.31. The van der Waals surface area contributed by atoms with Crippen LogP contribution in [0.4, 0.5) is 0 Å². The molecule has 190 valence electrons. The minimum Gasteiger partial charge on any atom is -0.489 e. The molecule has 0 saturated carbocycles. The number of rotatable bonds is 12. The van der Waals surface area contributed by atoms with E-state index in [-0.39, 0.29) is 18.0 Å². The summed E-state index contributed by atoms with van der Waals surface area (Å²) >= 11 is 6.42. The van der Waals surface area contributed by atoms with E-state index in [0.29, 0.717) is 32.8 Å². The molecule has 0 radical (unpaired) electrons. The van der Waals surface area contributed by atoms with Crippen molar-refractivity contribution in [1.29, 1.82) is 0 Å². The van der Waals surface area contributed by atoms with Gasteiger partial charge in [0.2, 0.25) is 5.91 Å². The predicted molar refractivity (Wildman–Crippen MR) is 143 cm³/mol. The Bertz CT molecular complexity index is 1110. The number of halogens is 1. The van der Waals surface area contributed by atoms with Gasteiger partial charge in [-0.3, -0.25) is 9.69 Å². The van der Waals surface area contributed by atoms with Crippen LogP contribution in [-0.2, 0) is 29.2 Å². The maximum Gasteiger partial charge on any atom is 0.237 e. The molecule has 1 amide bonds. The van der Waals surface area contributed by atoms with E-state index in [1.54, 1.807) is 7.11 Å². The van der Waals surface area contributed by atoms with Crippen molar-refractivity contribution in [1.82, 2.24) is 15.5 Å². The molecule has 6 nitrogen and oxygen atoms in total. The van der Waals surface area contributed by atoms with Gasteiger partial charge in [0.15, 0.2) is 0 Å². The lowest BCUT2D eigenvalue weighted by atomic mass is 10.1. The third-order valence-corrected chi connectivity index (χ3v) is 6.75. The van der Waals surface area contributed by atoms with E-state index in [1.807, 2.05) is 54.6 Å². The summed E-state index contributed by atoms with van der Waals surface area (Å²) in [4.78, 5) is 15.2. The Morgan fingerprint density at radius 3 is 2.61 bits per heavy atom. The van der Waals surface area contributed by atoms with Gasteiger partial charge in [-0.1, -0.05) is 72.3 Å². The molecule has 1 fully saturated rings. The van der Waals surface area contributed by atoms with Gasteiger partial charge in [-0.05, 0) is 41.3 Å². The van der Waals surface area contributed by atoms with E-state index in [0.717, 1.165) is 40.4 Å². The Morgan fingerprint density at radius 1 is 1.03 bits per heavy atom. The van der Waals surface area contributed by atoms with Crippen molar-refractivity contribution in [2.24, 2.45) is 0 Å². The largest absolute Gasteiger partial charge is 0.489 e. The van der Waals surface area contributed by atoms with Gasteiger partial charge < -0.3 is 20.1 Å². The highest BCUT2D eigenvalue weighted by Gasteiger charge is 2.36. The number of likely N-dealkylation sites (tertiary alicyclic amines) is 1. The van der Waals surface area contributed by atoms with Crippen LogP contribution in [0.2, 0.25) is 5.02 Å². The third kappa shape index (κ3) is 7.55.